The van der Waals surface area contributed by atoms with Gasteiger partial charge >= 0.3 is 0 Å². The van der Waals surface area contributed by atoms with Gasteiger partial charge in [-0.15, -0.1) is 11.3 Å². The largest absolute Gasteiger partial charge is 0.316 e. The van der Waals surface area contributed by atoms with Crippen molar-refractivity contribution in [2.75, 3.05) is 13.1 Å². The van der Waals surface area contributed by atoms with Crippen LogP contribution in [0.2, 0.25) is 0 Å². The molecule has 0 saturated heterocycles. The van der Waals surface area contributed by atoms with Crippen molar-refractivity contribution in [3.63, 3.8) is 0 Å². The molecule has 2 unspecified atom stereocenters. The SMILES string of the molecule is CC(C)CNCC1CCCCC1c1cccc2ccsc12. The summed E-state index contributed by atoms with van der Waals surface area (Å²) < 4.78 is 1.53. The molecular formula is C19H27NS. The molecule has 0 amide bonds. The van der Waals surface area contributed by atoms with Gasteiger partial charge in [0.25, 0.3) is 0 Å². The Labute approximate surface area is 132 Å². The third kappa shape index (κ3) is 3.49. The first-order valence-electron chi connectivity index (χ1n) is 8.42. The van der Waals surface area contributed by atoms with Crippen LogP contribution in [0.15, 0.2) is 29.6 Å². The second kappa shape index (κ2) is 6.93. The monoisotopic (exact) mass is 301 g/mol. The molecule has 1 heterocycles. The minimum Gasteiger partial charge on any atom is -0.316 e. The molecule has 2 heteroatoms. The van der Waals surface area contributed by atoms with E-state index in [9.17, 15) is 0 Å². The van der Waals surface area contributed by atoms with E-state index in [1.165, 1.54) is 42.3 Å². The summed E-state index contributed by atoms with van der Waals surface area (Å²) in [6, 6.07) is 9.14. The molecule has 1 aliphatic rings. The molecule has 21 heavy (non-hydrogen) atoms. The average molecular weight is 301 g/mol. The number of fused-ring (bicyclic) bond motifs is 1. The van der Waals surface area contributed by atoms with Gasteiger partial charge in [0.05, 0.1) is 0 Å². The second-order valence-corrected chi connectivity index (χ2v) is 7.81. The van der Waals surface area contributed by atoms with Crippen LogP contribution in [0.3, 0.4) is 0 Å². The number of hydrogen-bond donors (Lipinski definition) is 1. The predicted octanol–water partition coefficient (Wildman–Crippen LogP) is 5.42. The Kier molecular flexibility index (Phi) is 4.97. The van der Waals surface area contributed by atoms with Gasteiger partial charge in [0, 0.05) is 4.70 Å². The summed E-state index contributed by atoms with van der Waals surface area (Å²) in [5.74, 6) is 2.30. The number of hydrogen-bond acceptors (Lipinski definition) is 2. The second-order valence-electron chi connectivity index (χ2n) is 6.89. The van der Waals surface area contributed by atoms with Crippen molar-refractivity contribution in [3.8, 4) is 0 Å². The maximum absolute atomic E-state index is 3.70. The number of rotatable bonds is 5. The van der Waals surface area contributed by atoms with Gasteiger partial charge in [0.2, 0.25) is 0 Å². The van der Waals surface area contributed by atoms with Crippen LogP contribution in [0.25, 0.3) is 10.1 Å². The molecule has 1 N–H and O–H groups in total. The lowest BCUT2D eigenvalue weighted by molar-refractivity contribution is 0.293. The molecule has 1 fully saturated rings. The van der Waals surface area contributed by atoms with Crippen molar-refractivity contribution >= 4 is 21.4 Å². The maximum Gasteiger partial charge on any atom is 0.0377 e. The highest BCUT2D eigenvalue weighted by atomic mass is 32.1. The van der Waals surface area contributed by atoms with Gasteiger partial charge < -0.3 is 5.32 Å². The summed E-state index contributed by atoms with van der Waals surface area (Å²) in [4.78, 5) is 0. The molecule has 2 atom stereocenters. The Morgan fingerprint density at radius 2 is 2.05 bits per heavy atom. The highest BCUT2D eigenvalue weighted by molar-refractivity contribution is 7.17. The molecule has 2 aromatic rings. The molecule has 1 nitrogen and oxygen atoms in total. The summed E-state index contributed by atoms with van der Waals surface area (Å²) >= 11 is 1.92. The van der Waals surface area contributed by atoms with Crippen LogP contribution in [0.4, 0.5) is 0 Å². The molecule has 0 spiro atoms. The quantitative estimate of drug-likeness (QED) is 0.777. The fourth-order valence-corrected chi connectivity index (χ4v) is 4.71. The molecule has 0 radical (unpaired) electrons. The third-order valence-corrected chi connectivity index (χ3v) is 5.76. The minimum absolute atomic E-state index is 0.743. The highest BCUT2D eigenvalue weighted by Gasteiger charge is 2.27. The Morgan fingerprint density at radius 3 is 2.90 bits per heavy atom. The Hall–Kier alpha value is -0.860. The van der Waals surface area contributed by atoms with Gasteiger partial charge in [-0.25, -0.2) is 0 Å². The smallest absolute Gasteiger partial charge is 0.0377 e. The molecule has 114 valence electrons. The van der Waals surface area contributed by atoms with E-state index in [0.717, 1.165) is 24.3 Å². The molecule has 0 aliphatic heterocycles. The molecule has 3 rings (SSSR count). The van der Waals surface area contributed by atoms with Crippen LogP contribution in [0.1, 0.15) is 51.0 Å². The number of benzene rings is 1. The summed E-state index contributed by atoms with van der Waals surface area (Å²) in [6.45, 7) is 6.91. The third-order valence-electron chi connectivity index (χ3n) is 4.78. The predicted molar refractivity (Wildman–Crippen MR) is 94.2 cm³/mol. The summed E-state index contributed by atoms with van der Waals surface area (Å²) in [5.41, 5.74) is 1.61. The topological polar surface area (TPSA) is 12.0 Å². The van der Waals surface area contributed by atoms with Crippen LogP contribution in [-0.4, -0.2) is 13.1 Å². The van der Waals surface area contributed by atoms with E-state index >= 15 is 0 Å². The van der Waals surface area contributed by atoms with Crippen molar-refractivity contribution in [2.45, 2.75) is 45.4 Å². The van der Waals surface area contributed by atoms with Crippen molar-refractivity contribution in [2.24, 2.45) is 11.8 Å². The number of thiophene rings is 1. The number of nitrogens with one attached hydrogen (secondary N) is 1. The van der Waals surface area contributed by atoms with E-state index < -0.39 is 0 Å². The lowest BCUT2D eigenvalue weighted by Gasteiger charge is -2.32. The zero-order chi connectivity index (χ0) is 14.7. The van der Waals surface area contributed by atoms with Gasteiger partial charge in [0.1, 0.15) is 0 Å². The molecular weight excluding hydrogens is 274 g/mol. The van der Waals surface area contributed by atoms with Gasteiger partial charge in [-0.3, -0.25) is 0 Å². The van der Waals surface area contributed by atoms with Crippen molar-refractivity contribution in [3.05, 3.63) is 35.2 Å². The van der Waals surface area contributed by atoms with Gasteiger partial charge in [-0.2, -0.15) is 0 Å². The normalized spacial score (nSPS) is 23.0. The summed E-state index contributed by atoms with van der Waals surface area (Å²) in [6.07, 6.45) is 5.56. The van der Waals surface area contributed by atoms with Crippen LogP contribution in [0.5, 0.6) is 0 Å². The van der Waals surface area contributed by atoms with E-state index in [-0.39, 0.29) is 0 Å². The molecule has 1 aromatic carbocycles. The first-order valence-corrected chi connectivity index (χ1v) is 9.30. The Morgan fingerprint density at radius 1 is 1.19 bits per heavy atom. The van der Waals surface area contributed by atoms with Gasteiger partial charge in [-0.1, -0.05) is 44.9 Å². The van der Waals surface area contributed by atoms with Crippen molar-refractivity contribution in [1.82, 2.24) is 5.32 Å². The van der Waals surface area contributed by atoms with Crippen molar-refractivity contribution < 1.29 is 0 Å². The molecule has 0 bridgehead atoms. The zero-order valence-electron chi connectivity index (χ0n) is 13.3. The van der Waals surface area contributed by atoms with Crippen molar-refractivity contribution in [1.29, 1.82) is 0 Å². The van der Waals surface area contributed by atoms with E-state index in [1.54, 1.807) is 5.56 Å². The zero-order valence-corrected chi connectivity index (χ0v) is 14.1. The van der Waals surface area contributed by atoms with E-state index in [1.807, 2.05) is 11.3 Å². The van der Waals surface area contributed by atoms with Gasteiger partial charge in [0.15, 0.2) is 0 Å². The first-order chi connectivity index (χ1) is 10.3. The average Bonchev–Trinajstić information content (AvgIpc) is 2.96. The lowest BCUT2D eigenvalue weighted by Crippen LogP contribution is -2.31. The Balaban J connectivity index is 1.79. The van der Waals surface area contributed by atoms with Gasteiger partial charge in [-0.05, 0) is 66.1 Å². The van der Waals surface area contributed by atoms with E-state index in [2.05, 4.69) is 48.8 Å². The van der Waals surface area contributed by atoms with E-state index in [0.29, 0.717) is 0 Å². The van der Waals surface area contributed by atoms with E-state index in [4.69, 9.17) is 0 Å². The first kappa shape index (κ1) is 15.1. The highest BCUT2D eigenvalue weighted by Crippen LogP contribution is 2.41. The summed E-state index contributed by atoms with van der Waals surface area (Å²) in [5, 5.41) is 7.37. The molecule has 1 saturated carbocycles. The van der Waals surface area contributed by atoms with Crippen LogP contribution in [-0.2, 0) is 0 Å². The maximum atomic E-state index is 3.70. The van der Waals surface area contributed by atoms with Crippen LogP contribution in [0, 0.1) is 11.8 Å². The van der Waals surface area contributed by atoms with Crippen LogP contribution >= 0.6 is 11.3 Å². The fraction of sp³-hybridized carbons (Fsp3) is 0.579. The van der Waals surface area contributed by atoms with Crippen LogP contribution < -0.4 is 5.32 Å². The minimum atomic E-state index is 0.743. The molecule has 1 aliphatic carbocycles. The fourth-order valence-electron chi connectivity index (χ4n) is 3.73. The standard InChI is InChI=1S/C19H27NS/c1-14(2)12-20-13-16-6-3-4-8-17(16)18-9-5-7-15-10-11-21-19(15)18/h5,7,9-11,14,16-17,20H,3-4,6,8,12-13H2,1-2H3. The lowest BCUT2D eigenvalue weighted by atomic mass is 9.75. The molecule has 1 aromatic heterocycles. The summed E-state index contributed by atoms with van der Waals surface area (Å²) in [7, 11) is 0. The Bertz CT molecular complexity index is 572.